The van der Waals surface area contributed by atoms with Gasteiger partial charge in [0.1, 0.15) is 0 Å². The van der Waals surface area contributed by atoms with Crippen LogP contribution in [0.5, 0.6) is 11.5 Å². The third kappa shape index (κ3) is 5.92. The van der Waals surface area contributed by atoms with E-state index in [1.807, 2.05) is 42.5 Å². The first-order valence-corrected chi connectivity index (χ1v) is 8.32. The third-order valence-electron chi connectivity index (χ3n) is 3.64. The van der Waals surface area contributed by atoms with Gasteiger partial charge in [-0.1, -0.05) is 46.3 Å². The van der Waals surface area contributed by atoms with Gasteiger partial charge in [0.15, 0.2) is 11.5 Å². The molecule has 1 amide bonds. The lowest BCUT2D eigenvalue weighted by atomic mass is 10.1. The van der Waals surface area contributed by atoms with Crippen LogP contribution in [0.4, 0.5) is 0 Å². The second-order valence-corrected chi connectivity index (χ2v) is 6.17. The predicted octanol–water partition coefficient (Wildman–Crippen LogP) is 3.07. The van der Waals surface area contributed by atoms with E-state index < -0.39 is 6.04 Å². The maximum absolute atomic E-state index is 12.2. The minimum atomic E-state index is -0.591. The average molecular weight is 430 g/mol. The zero-order valence-electron chi connectivity index (χ0n) is 14.1. The molecular weight excluding hydrogens is 408 g/mol. The molecule has 0 aliphatic heterocycles. The fourth-order valence-electron chi connectivity index (χ4n) is 2.31. The molecule has 2 aromatic rings. The fourth-order valence-corrected chi connectivity index (χ4v) is 2.77. The van der Waals surface area contributed by atoms with E-state index in [4.69, 9.17) is 15.2 Å². The van der Waals surface area contributed by atoms with Crippen molar-refractivity contribution in [1.29, 1.82) is 0 Å². The van der Waals surface area contributed by atoms with Crippen LogP contribution < -0.4 is 20.5 Å². The van der Waals surface area contributed by atoms with Crippen molar-refractivity contribution in [3.8, 4) is 11.5 Å². The first kappa shape index (κ1) is 21.3. The topological polar surface area (TPSA) is 73.6 Å². The smallest absolute Gasteiger partial charge is 0.237 e. The molecule has 0 bridgehead atoms. The summed E-state index contributed by atoms with van der Waals surface area (Å²) in [5.74, 6) is 1.04. The number of carbonyl (C=O) groups is 1. The van der Waals surface area contributed by atoms with E-state index in [0.29, 0.717) is 24.5 Å². The summed E-state index contributed by atoms with van der Waals surface area (Å²) in [4.78, 5) is 12.2. The average Bonchev–Trinajstić information content (AvgIpc) is 2.60. The molecule has 1 atom stereocenters. The number of halogens is 2. The van der Waals surface area contributed by atoms with Gasteiger partial charge < -0.3 is 20.5 Å². The summed E-state index contributed by atoms with van der Waals surface area (Å²) in [5, 5.41) is 2.86. The standard InChI is InChI=1S/C18H21BrN2O3.ClH/c1-23-16-9-13(14(19)10-17(16)24-2)11-21-18(22)15(20)8-12-6-4-3-5-7-12;/h3-7,9-10,15H,8,11,20H2,1-2H3,(H,21,22);1H/t15-;/m0./s1. The summed E-state index contributed by atoms with van der Waals surface area (Å²) < 4.78 is 11.4. The molecule has 5 nitrogen and oxygen atoms in total. The summed E-state index contributed by atoms with van der Waals surface area (Å²) >= 11 is 3.47. The molecule has 0 aliphatic rings. The molecule has 0 unspecified atom stereocenters. The SMILES string of the molecule is COc1cc(Br)c(CNC(=O)[C@@H](N)Cc2ccccc2)cc1OC.Cl. The maximum Gasteiger partial charge on any atom is 0.237 e. The van der Waals surface area contributed by atoms with Gasteiger partial charge in [0.25, 0.3) is 0 Å². The highest BCUT2D eigenvalue weighted by Crippen LogP contribution is 2.33. The van der Waals surface area contributed by atoms with E-state index >= 15 is 0 Å². The molecule has 0 saturated carbocycles. The van der Waals surface area contributed by atoms with E-state index in [0.717, 1.165) is 15.6 Å². The molecule has 2 rings (SSSR count). The van der Waals surface area contributed by atoms with Gasteiger partial charge in [0, 0.05) is 11.0 Å². The number of nitrogens with two attached hydrogens (primary N) is 1. The summed E-state index contributed by atoms with van der Waals surface area (Å²) in [6.07, 6.45) is 0.500. The number of carbonyl (C=O) groups excluding carboxylic acids is 1. The lowest BCUT2D eigenvalue weighted by Crippen LogP contribution is -2.41. The van der Waals surface area contributed by atoms with Crippen LogP contribution in [0.25, 0.3) is 0 Å². The minimum absolute atomic E-state index is 0. The second-order valence-electron chi connectivity index (χ2n) is 5.31. The highest BCUT2D eigenvalue weighted by Gasteiger charge is 2.15. The molecule has 136 valence electrons. The van der Waals surface area contributed by atoms with Crippen molar-refractivity contribution in [2.24, 2.45) is 5.73 Å². The van der Waals surface area contributed by atoms with E-state index in [1.54, 1.807) is 14.2 Å². The highest BCUT2D eigenvalue weighted by molar-refractivity contribution is 9.10. The van der Waals surface area contributed by atoms with Crippen molar-refractivity contribution in [3.63, 3.8) is 0 Å². The van der Waals surface area contributed by atoms with Crippen LogP contribution in [0, 0.1) is 0 Å². The fraction of sp³-hybridized carbons (Fsp3) is 0.278. The normalized spacial score (nSPS) is 11.2. The minimum Gasteiger partial charge on any atom is -0.493 e. The lowest BCUT2D eigenvalue weighted by Gasteiger charge is -2.15. The van der Waals surface area contributed by atoms with E-state index in [-0.39, 0.29) is 18.3 Å². The Morgan fingerprint density at radius 1 is 1.16 bits per heavy atom. The Kier molecular flexibility index (Phi) is 8.75. The number of ether oxygens (including phenoxy) is 2. The molecule has 3 N–H and O–H groups in total. The largest absolute Gasteiger partial charge is 0.493 e. The van der Waals surface area contributed by atoms with Crippen molar-refractivity contribution in [2.75, 3.05) is 14.2 Å². The quantitative estimate of drug-likeness (QED) is 0.709. The van der Waals surface area contributed by atoms with Crippen molar-refractivity contribution >= 4 is 34.2 Å². The number of hydrogen-bond donors (Lipinski definition) is 2. The number of methoxy groups -OCH3 is 2. The van der Waals surface area contributed by atoms with Crippen LogP contribution in [0.1, 0.15) is 11.1 Å². The number of hydrogen-bond acceptors (Lipinski definition) is 4. The highest BCUT2D eigenvalue weighted by atomic mass is 79.9. The van der Waals surface area contributed by atoms with Crippen molar-refractivity contribution in [3.05, 3.63) is 58.1 Å². The van der Waals surface area contributed by atoms with Crippen molar-refractivity contribution < 1.29 is 14.3 Å². The zero-order valence-corrected chi connectivity index (χ0v) is 16.5. The summed E-state index contributed by atoms with van der Waals surface area (Å²) in [6, 6.07) is 12.8. The van der Waals surface area contributed by atoms with Crippen LogP contribution in [-0.2, 0) is 17.8 Å². The van der Waals surface area contributed by atoms with Gasteiger partial charge in [-0.3, -0.25) is 4.79 Å². The summed E-state index contributed by atoms with van der Waals surface area (Å²) in [7, 11) is 3.15. The maximum atomic E-state index is 12.2. The molecule has 0 fully saturated rings. The van der Waals surface area contributed by atoms with Gasteiger partial charge in [-0.2, -0.15) is 0 Å². The van der Waals surface area contributed by atoms with E-state index in [2.05, 4.69) is 21.2 Å². The molecular formula is C18H22BrClN2O3. The number of nitrogens with one attached hydrogen (secondary N) is 1. The van der Waals surface area contributed by atoms with Crippen LogP contribution in [0.3, 0.4) is 0 Å². The van der Waals surface area contributed by atoms with E-state index in [9.17, 15) is 4.79 Å². The Bertz CT molecular complexity index is 698. The molecule has 0 aliphatic carbocycles. The molecule has 0 aromatic heterocycles. The Morgan fingerprint density at radius 3 is 2.36 bits per heavy atom. The number of benzene rings is 2. The molecule has 0 saturated heterocycles. The number of rotatable bonds is 7. The Morgan fingerprint density at radius 2 is 1.76 bits per heavy atom. The summed E-state index contributed by atoms with van der Waals surface area (Å²) in [6.45, 7) is 0.349. The predicted molar refractivity (Wildman–Crippen MR) is 104 cm³/mol. The first-order chi connectivity index (χ1) is 11.5. The summed E-state index contributed by atoms with van der Waals surface area (Å²) in [5.41, 5.74) is 7.90. The lowest BCUT2D eigenvalue weighted by molar-refractivity contribution is -0.122. The first-order valence-electron chi connectivity index (χ1n) is 7.52. The van der Waals surface area contributed by atoms with Crippen LogP contribution in [0.2, 0.25) is 0 Å². The van der Waals surface area contributed by atoms with E-state index in [1.165, 1.54) is 0 Å². The van der Waals surface area contributed by atoms with Gasteiger partial charge in [-0.25, -0.2) is 0 Å². The third-order valence-corrected chi connectivity index (χ3v) is 4.38. The Labute approximate surface area is 162 Å². The van der Waals surface area contributed by atoms with Crippen molar-refractivity contribution in [2.45, 2.75) is 19.0 Å². The Balaban J connectivity index is 0.00000312. The molecule has 2 aromatic carbocycles. The van der Waals surface area contributed by atoms with Crippen molar-refractivity contribution in [1.82, 2.24) is 5.32 Å². The van der Waals surface area contributed by atoms with Gasteiger partial charge in [-0.05, 0) is 29.7 Å². The molecule has 25 heavy (non-hydrogen) atoms. The second kappa shape index (κ2) is 10.3. The van der Waals surface area contributed by atoms with Gasteiger partial charge in [0.05, 0.1) is 20.3 Å². The molecule has 7 heteroatoms. The number of amides is 1. The zero-order chi connectivity index (χ0) is 17.5. The van der Waals surface area contributed by atoms with Crippen LogP contribution >= 0.6 is 28.3 Å². The van der Waals surface area contributed by atoms with Crippen LogP contribution in [0.15, 0.2) is 46.9 Å². The Hall–Kier alpha value is -1.76. The van der Waals surface area contributed by atoms with Gasteiger partial charge in [0.2, 0.25) is 5.91 Å². The molecule has 0 spiro atoms. The molecule has 0 radical (unpaired) electrons. The van der Waals surface area contributed by atoms with Gasteiger partial charge >= 0.3 is 0 Å². The molecule has 0 heterocycles. The van der Waals surface area contributed by atoms with Crippen LogP contribution in [-0.4, -0.2) is 26.2 Å². The monoisotopic (exact) mass is 428 g/mol. The van der Waals surface area contributed by atoms with Gasteiger partial charge in [-0.15, -0.1) is 12.4 Å².